The van der Waals surface area contributed by atoms with Crippen LogP contribution in [0.3, 0.4) is 0 Å². The third-order valence-corrected chi connectivity index (χ3v) is 5.73. The molecular formula is C23H27FN6O. The van der Waals surface area contributed by atoms with E-state index in [9.17, 15) is 9.18 Å². The van der Waals surface area contributed by atoms with Gasteiger partial charge >= 0.3 is 0 Å². The third-order valence-electron chi connectivity index (χ3n) is 5.73. The zero-order chi connectivity index (χ0) is 21.6. The van der Waals surface area contributed by atoms with E-state index in [2.05, 4.69) is 50.0 Å². The molecule has 0 saturated heterocycles. The lowest BCUT2D eigenvalue weighted by molar-refractivity contribution is -0.124. The molecule has 1 N–H and O–H groups in total. The Balaban J connectivity index is 1.32. The Morgan fingerprint density at radius 3 is 2.81 bits per heavy atom. The Morgan fingerprint density at radius 1 is 1.19 bits per heavy atom. The van der Waals surface area contributed by atoms with Crippen LogP contribution in [0.25, 0.3) is 0 Å². The number of nitrogens with zero attached hydrogens (tertiary/aromatic N) is 5. The quantitative estimate of drug-likeness (QED) is 0.565. The maximum Gasteiger partial charge on any atom is 0.245 e. The number of nitrogens with one attached hydrogen (secondary N) is 1. The summed E-state index contributed by atoms with van der Waals surface area (Å²) in [6.07, 6.45) is 2.24. The first-order chi connectivity index (χ1) is 15.1. The number of carbonyl (C=O) groups is 1. The van der Waals surface area contributed by atoms with E-state index in [1.54, 1.807) is 19.1 Å². The van der Waals surface area contributed by atoms with Gasteiger partial charge in [0.2, 0.25) is 5.91 Å². The van der Waals surface area contributed by atoms with Crippen molar-refractivity contribution >= 4 is 5.91 Å². The predicted molar refractivity (Wildman–Crippen MR) is 115 cm³/mol. The molecule has 162 valence electrons. The van der Waals surface area contributed by atoms with E-state index in [1.807, 2.05) is 0 Å². The van der Waals surface area contributed by atoms with Gasteiger partial charge in [0, 0.05) is 32.6 Å². The Bertz CT molecular complexity index is 1040. The van der Waals surface area contributed by atoms with Crippen molar-refractivity contribution in [2.75, 3.05) is 19.6 Å². The Labute approximate surface area is 181 Å². The number of benzene rings is 2. The monoisotopic (exact) mass is 422 g/mol. The fourth-order valence-electron chi connectivity index (χ4n) is 4.08. The first kappa shape index (κ1) is 21.1. The highest BCUT2D eigenvalue weighted by atomic mass is 19.1. The summed E-state index contributed by atoms with van der Waals surface area (Å²) in [7, 11) is 0. The predicted octanol–water partition coefficient (Wildman–Crippen LogP) is 2.47. The van der Waals surface area contributed by atoms with Gasteiger partial charge in [0.25, 0.3) is 0 Å². The smallest absolute Gasteiger partial charge is 0.245 e. The van der Waals surface area contributed by atoms with E-state index in [4.69, 9.17) is 0 Å². The van der Waals surface area contributed by atoms with Gasteiger partial charge in [-0.3, -0.25) is 9.69 Å². The van der Waals surface area contributed by atoms with E-state index in [0.717, 1.165) is 38.0 Å². The molecule has 2 aromatic carbocycles. The number of aromatic nitrogens is 4. The van der Waals surface area contributed by atoms with Crippen LogP contribution < -0.4 is 5.32 Å². The normalized spacial score (nSPS) is 14.8. The molecule has 0 saturated carbocycles. The highest BCUT2D eigenvalue weighted by molar-refractivity contribution is 5.80. The molecule has 1 amide bonds. The highest BCUT2D eigenvalue weighted by Gasteiger charge is 2.24. The molecule has 1 aliphatic rings. The number of halogens is 1. The highest BCUT2D eigenvalue weighted by Crippen LogP contribution is 2.19. The van der Waals surface area contributed by atoms with Crippen molar-refractivity contribution in [3.63, 3.8) is 0 Å². The average molecular weight is 423 g/mol. The number of fused-ring (bicyclic) bond motifs is 1. The van der Waals surface area contributed by atoms with E-state index in [0.29, 0.717) is 18.8 Å². The van der Waals surface area contributed by atoms with Gasteiger partial charge in [0.15, 0.2) is 0 Å². The van der Waals surface area contributed by atoms with Crippen molar-refractivity contribution in [2.24, 2.45) is 0 Å². The fraction of sp³-hybridized carbons (Fsp3) is 0.391. The summed E-state index contributed by atoms with van der Waals surface area (Å²) in [5.74, 6) is 0.0559. The van der Waals surface area contributed by atoms with E-state index in [-0.39, 0.29) is 11.7 Å². The summed E-state index contributed by atoms with van der Waals surface area (Å²) in [5.41, 5.74) is 3.55. The van der Waals surface area contributed by atoms with E-state index in [1.165, 1.54) is 27.9 Å². The molecule has 0 bridgehead atoms. The Kier molecular flexibility index (Phi) is 6.66. The topological polar surface area (TPSA) is 75.9 Å². The van der Waals surface area contributed by atoms with Crippen LogP contribution in [-0.2, 0) is 24.2 Å². The molecule has 3 aromatic rings. The second-order valence-electron chi connectivity index (χ2n) is 7.96. The molecule has 0 unspecified atom stereocenters. The van der Waals surface area contributed by atoms with Gasteiger partial charge in [-0.1, -0.05) is 36.4 Å². The summed E-state index contributed by atoms with van der Waals surface area (Å²) >= 11 is 0. The number of hydrogen-bond donors (Lipinski definition) is 1. The maximum atomic E-state index is 13.6. The molecule has 0 spiro atoms. The van der Waals surface area contributed by atoms with Crippen molar-refractivity contribution in [2.45, 2.75) is 38.8 Å². The maximum absolute atomic E-state index is 13.6. The second kappa shape index (κ2) is 9.78. The molecule has 0 radical (unpaired) electrons. The molecule has 0 fully saturated rings. The molecule has 2 heterocycles. The van der Waals surface area contributed by atoms with Crippen LogP contribution in [0.5, 0.6) is 0 Å². The molecule has 31 heavy (non-hydrogen) atoms. The first-order valence-electron chi connectivity index (χ1n) is 10.7. The van der Waals surface area contributed by atoms with Crippen LogP contribution in [0.4, 0.5) is 4.39 Å². The van der Waals surface area contributed by atoms with E-state index >= 15 is 0 Å². The number of hydrogen-bond acceptors (Lipinski definition) is 5. The van der Waals surface area contributed by atoms with Crippen LogP contribution in [0.1, 0.15) is 35.0 Å². The minimum absolute atomic E-state index is 0.163. The lowest BCUT2D eigenvalue weighted by Crippen LogP contribution is -2.37. The minimum atomic E-state index is -0.626. The molecule has 0 aliphatic carbocycles. The SMILES string of the molecule is Cc1nnnn1[C@H](Cc1cccc(F)c1)C(=O)NCCCN1CCc2ccccc2C1. The van der Waals surface area contributed by atoms with Crippen molar-refractivity contribution in [1.82, 2.24) is 30.4 Å². The van der Waals surface area contributed by atoms with Gasteiger partial charge in [-0.2, -0.15) is 0 Å². The fourth-order valence-corrected chi connectivity index (χ4v) is 4.08. The molecule has 8 heteroatoms. The zero-order valence-electron chi connectivity index (χ0n) is 17.7. The van der Waals surface area contributed by atoms with Crippen molar-refractivity contribution in [3.05, 3.63) is 76.9 Å². The summed E-state index contributed by atoms with van der Waals surface area (Å²) in [6.45, 7) is 5.23. The molecule has 1 aromatic heterocycles. The molecule has 4 rings (SSSR count). The Hall–Kier alpha value is -3.13. The standard InChI is InChI=1S/C23H27FN6O/c1-17-26-27-28-30(17)22(15-18-6-4-9-21(24)14-18)23(31)25-11-5-12-29-13-10-19-7-2-3-8-20(19)16-29/h2-4,6-9,14,22H,5,10-13,15-16H2,1H3,(H,25,31)/t22-/m1/s1. The van der Waals surface area contributed by atoms with E-state index < -0.39 is 6.04 Å². The molecule has 7 nitrogen and oxygen atoms in total. The van der Waals surface area contributed by atoms with Gasteiger partial charge in [0.1, 0.15) is 17.7 Å². The van der Waals surface area contributed by atoms with Gasteiger partial charge in [0.05, 0.1) is 0 Å². The number of amides is 1. The average Bonchev–Trinajstić information content (AvgIpc) is 3.20. The van der Waals surface area contributed by atoms with Crippen LogP contribution in [0.15, 0.2) is 48.5 Å². The third kappa shape index (κ3) is 5.32. The van der Waals surface area contributed by atoms with Crippen LogP contribution in [0, 0.1) is 12.7 Å². The summed E-state index contributed by atoms with van der Waals surface area (Å²) in [6, 6.07) is 14.2. The second-order valence-corrected chi connectivity index (χ2v) is 7.96. The lowest BCUT2D eigenvalue weighted by Gasteiger charge is -2.28. The Morgan fingerprint density at radius 2 is 2.03 bits per heavy atom. The number of tetrazole rings is 1. The summed E-state index contributed by atoms with van der Waals surface area (Å²) in [4.78, 5) is 15.4. The first-order valence-corrected chi connectivity index (χ1v) is 10.7. The van der Waals surface area contributed by atoms with Crippen LogP contribution in [0.2, 0.25) is 0 Å². The number of carbonyl (C=O) groups excluding carboxylic acids is 1. The zero-order valence-corrected chi connectivity index (χ0v) is 17.7. The van der Waals surface area contributed by atoms with Gasteiger partial charge in [-0.15, -0.1) is 5.10 Å². The molecular weight excluding hydrogens is 395 g/mol. The molecule has 1 aliphatic heterocycles. The van der Waals surface area contributed by atoms with Crippen molar-refractivity contribution in [3.8, 4) is 0 Å². The number of rotatable bonds is 8. The van der Waals surface area contributed by atoms with Gasteiger partial charge < -0.3 is 5.32 Å². The van der Waals surface area contributed by atoms with Crippen molar-refractivity contribution in [1.29, 1.82) is 0 Å². The number of aryl methyl sites for hydroxylation is 1. The van der Waals surface area contributed by atoms with Gasteiger partial charge in [-0.05, 0) is 59.0 Å². The largest absolute Gasteiger partial charge is 0.354 e. The minimum Gasteiger partial charge on any atom is -0.354 e. The van der Waals surface area contributed by atoms with Crippen LogP contribution in [-0.4, -0.2) is 50.6 Å². The van der Waals surface area contributed by atoms with Gasteiger partial charge in [-0.25, -0.2) is 9.07 Å². The van der Waals surface area contributed by atoms with Crippen LogP contribution >= 0.6 is 0 Å². The molecule has 1 atom stereocenters. The lowest BCUT2D eigenvalue weighted by atomic mass is 10.00. The summed E-state index contributed by atoms with van der Waals surface area (Å²) in [5, 5.41) is 14.5. The summed E-state index contributed by atoms with van der Waals surface area (Å²) < 4.78 is 15.1. The van der Waals surface area contributed by atoms with Crippen molar-refractivity contribution < 1.29 is 9.18 Å².